The summed E-state index contributed by atoms with van der Waals surface area (Å²) in [6.07, 6.45) is 0.650. The average Bonchev–Trinajstić information content (AvgIpc) is 2.16. The lowest BCUT2D eigenvalue weighted by atomic mass is 10.1. The van der Waals surface area contributed by atoms with Crippen LogP contribution in [0.25, 0.3) is 0 Å². The summed E-state index contributed by atoms with van der Waals surface area (Å²) in [5.41, 5.74) is -0.858. The second-order valence-electron chi connectivity index (χ2n) is 4.83. The van der Waals surface area contributed by atoms with Crippen LogP contribution in [-0.2, 0) is 9.53 Å². The molecule has 0 saturated carbocycles. The number of esters is 1. The molecule has 0 aromatic rings. The fourth-order valence-corrected chi connectivity index (χ4v) is 1.72. The summed E-state index contributed by atoms with van der Waals surface area (Å²) < 4.78 is 4.95. The number of likely N-dealkylation sites (N-methyl/N-ethyl adjacent to an activating group) is 1. The number of hydrogen-bond donors (Lipinski definition) is 2. The van der Waals surface area contributed by atoms with E-state index in [0.717, 1.165) is 0 Å². The van der Waals surface area contributed by atoms with Crippen LogP contribution in [0.15, 0.2) is 0 Å². The van der Waals surface area contributed by atoms with Gasteiger partial charge in [-0.1, -0.05) is 6.92 Å². The molecule has 0 radical (unpaired) electrons. The summed E-state index contributed by atoms with van der Waals surface area (Å²) in [6, 6.07) is -0.344. The van der Waals surface area contributed by atoms with E-state index in [1.165, 1.54) is 0 Å². The molecule has 0 bridgehead atoms. The van der Waals surface area contributed by atoms with Crippen LogP contribution in [0, 0.1) is 0 Å². The van der Waals surface area contributed by atoms with E-state index in [2.05, 4.69) is 5.32 Å². The normalized spacial score (nSPS) is 16.6. The topological polar surface area (TPSA) is 61.8 Å². The third-order valence-electron chi connectivity index (χ3n) is 2.37. The lowest BCUT2D eigenvalue weighted by molar-refractivity contribution is -0.146. The highest BCUT2D eigenvalue weighted by molar-refractivity contribution is 5.75. The van der Waals surface area contributed by atoms with Crippen LogP contribution in [-0.4, -0.2) is 61.4 Å². The smallest absolute Gasteiger partial charge is 0.323 e. The van der Waals surface area contributed by atoms with Gasteiger partial charge in [0.15, 0.2) is 0 Å². The third kappa shape index (κ3) is 7.31. The van der Waals surface area contributed by atoms with E-state index in [4.69, 9.17) is 4.74 Å². The lowest BCUT2D eigenvalue weighted by Crippen LogP contribution is -2.50. The first-order valence-electron chi connectivity index (χ1n) is 6.09. The van der Waals surface area contributed by atoms with E-state index in [-0.39, 0.29) is 12.0 Å². The molecule has 0 rings (SSSR count). The van der Waals surface area contributed by atoms with Crippen LogP contribution in [0.3, 0.4) is 0 Å². The maximum Gasteiger partial charge on any atom is 0.323 e. The van der Waals surface area contributed by atoms with Gasteiger partial charge < -0.3 is 20.1 Å². The molecule has 0 aliphatic rings. The molecule has 0 saturated heterocycles. The molecule has 0 aliphatic heterocycles. The van der Waals surface area contributed by atoms with E-state index < -0.39 is 5.60 Å². The van der Waals surface area contributed by atoms with Gasteiger partial charge >= 0.3 is 5.97 Å². The molecule has 0 heterocycles. The van der Waals surface area contributed by atoms with Crippen molar-refractivity contribution in [2.45, 2.75) is 38.8 Å². The molecule has 2 N–H and O–H groups in total. The Hall–Kier alpha value is -0.650. The number of rotatable bonds is 8. The molecular formula is C12H26N2O3. The molecule has 0 fully saturated rings. The third-order valence-corrected chi connectivity index (χ3v) is 2.37. The molecule has 102 valence electrons. The highest BCUT2D eigenvalue weighted by Gasteiger charge is 2.25. The first-order chi connectivity index (χ1) is 7.82. The van der Waals surface area contributed by atoms with Gasteiger partial charge in [0.1, 0.15) is 6.04 Å². The molecular weight excluding hydrogens is 220 g/mol. The van der Waals surface area contributed by atoms with Crippen molar-refractivity contribution in [3.05, 3.63) is 0 Å². The van der Waals surface area contributed by atoms with Gasteiger partial charge in [0.25, 0.3) is 0 Å². The van der Waals surface area contributed by atoms with Crippen LogP contribution in [0.2, 0.25) is 0 Å². The van der Waals surface area contributed by atoms with Gasteiger partial charge in [-0.15, -0.1) is 0 Å². The first kappa shape index (κ1) is 16.4. The zero-order valence-corrected chi connectivity index (χ0v) is 11.6. The minimum absolute atomic E-state index is 0.254. The molecule has 17 heavy (non-hydrogen) atoms. The van der Waals surface area contributed by atoms with Crippen molar-refractivity contribution in [2.24, 2.45) is 0 Å². The SMILES string of the molecule is CCOC(=O)C(CC)NCC(C)(O)CN(C)C. The van der Waals surface area contributed by atoms with Crippen LogP contribution in [0.1, 0.15) is 27.2 Å². The standard InChI is InChI=1S/C12H26N2O3/c1-6-10(11(15)17-7-2)13-8-12(3,16)9-14(4)5/h10,13,16H,6-9H2,1-5H3. The van der Waals surface area contributed by atoms with Gasteiger partial charge in [-0.05, 0) is 34.4 Å². The summed E-state index contributed by atoms with van der Waals surface area (Å²) in [5, 5.41) is 13.1. The van der Waals surface area contributed by atoms with Crippen molar-refractivity contribution in [1.82, 2.24) is 10.2 Å². The highest BCUT2D eigenvalue weighted by Crippen LogP contribution is 2.04. The van der Waals surface area contributed by atoms with Crippen LogP contribution in [0.5, 0.6) is 0 Å². The van der Waals surface area contributed by atoms with E-state index in [1.807, 2.05) is 25.9 Å². The average molecular weight is 246 g/mol. The molecule has 5 nitrogen and oxygen atoms in total. The molecule has 5 heteroatoms. The predicted molar refractivity (Wildman–Crippen MR) is 67.9 cm³/mol. The maximum atomic E-state index is 11.5. The summed E-state index contributed by atoms with van der Waals surface area (Å²) in [4.78, 5) is 13.4. The molecule has 0 aliphatic carbocycles. The minimum Gasteiger partial charge on any atom is -0.465 e. The predicted octanol–water partition coefficient (Wildman–Crippen LogP) is 0.230. The lowest BCUT2D eigenvalue weighted by Gasteiger charge is -2.28. The molecule has 0 amide bonds. The Morgan fingerprint density at radius 1 is 1.47 bits per heavy atom. The molecule has 0 aromatic heterocycles. The number of aliphatic hydroxyl groups is 1. The number of nitrogens with one attached hydrogen (secondary N) is 1. The van der Waals surface area contributed by atoms with E-state index in [0.29, 0.717) is 26.1 Å². The van der Waals surface area contributed by atoms with Gasteiger partial charge in [-0.3, -0.25) is 4.79 Å². The monoisotopic (exact) mass is 246 g/mol. The number of hydrogen-bond acceptors (Lipinski definition) is 5. The van der Waals surface area contributed by atoms with Crippen LogP contribution in [0.4, 0.5) is 0 Å². The van der Waals surface area contributed by atoms with Crippen molar-refractivity contribution < 1.29 is 14.6 Å². The Morgan fingerprint density at radius 3 is 2.47 bits per heavy atom. The van der Waals surface area contributed by atoms with Crippen molar-refractivity contribution in [3.8, 4) is 0 Å². The zero-order chi connectivity index (χ0) is 13.5. The van der Waals surface area contributed by atoms with Crippen LogP contribution < -0.4 is 5.32 Å². The largest absolute Gasteiger partial charge is 0.465 e. The van der Waals surface area contributed by atoms with Crippen molar-refractivity contribution in [2.75, 3.05) is 33.8 Å². The Bertz CT molecular complexity index is 230. The van der Waals surface area contributed by atoms with Crippen LogP contribution >= 0.6 is 0 Å². The van der Waals surface area contributed by atoms with Gasteiger partial charge in [0.2, 0.25) is 0 Å². The number of carbonyl (C=O) groups excluding carboxylic acids is 1. The summed E-state index contributed by atoms with van der Waals surface area (Å²) in [6.45, 7) is 6.73. The van der Waals surface area contributed by atoms with Gasteiger partial charge in [-0.25, -0.2) is 0 Å². The summed E-state index contributed by atoms with van der Waals surface area (Å²) in [5.74, 6) is -0.254. The quantitative estimate of drug-likeness (QED) is 0.600. The van der Waals surface area contributed by atoms with Gasteiger partial charge in [0.05, 0.1) is 12.2 Å². The first-order valence-corrected chi connectivity index (χ1v) is 6.09. The Labute approximate surface area is 104 Å². The molecule has 0 aromatic carbocycles. The fourth-order valence-electron chi connectivity index (χ4n) is 1.72. The Kier molecular flexibility index (Phi) is 7.34. The fraction of sp³-hybridized carbons (Fsp3) is 0.917. The van der Waals surface area contributed by atoms with Gasteiger partial charge in [-0.2, -0.15) is 0 Å². The molecule has 2 atom stereocenters. The summed E-state index contributed by atoms with van der Waals surface area (Å²) >= 11 is 0. The number of nitrogens with zero attached hydrogens (tertiary/aromatic N) is 1. The number of ether oxygens (including phenoxy) is 1. The van der Waals surface area contributed by atoms with E-state index >= 15 is 0 Å². The minimum atomic E-state index is -0.858. The Morgan fingerprint density at radius 2 is 2.06 bits per heavy atom. The maximum absolute atomic E-state index is 11.5. The van der Waals surface area contributed by atoms with E-state index in [9.17, 15) is 9.90 Å². The highest BCUT2D eigenvalue weighted by atomic mass is 16.5. The molecule has 2 unspecified atom stereocenters. The zero-order valence-electron chi connectivity index (χ0n) is 11.6. The number of carbonyl (C=O) groups is 1. The molecule has 0 spiro atoms. The Balaban J connectivity index is 4.17. The van der Waals surface area contributed by atoms with Crippen molar-refractivity contribution in [3.63, 3.8) is 0 Å². The van der Waals surface area contributed by atoms with E-state index in [1.54, 1.807) is 13.8 Å². The second-order valence-corrected chi connectivity index (χ2v) is 4.83. The van der Waals surface area contributed by atoms with Crippen molar-refractivity contribution >= 4 is 5.97 Å². The van der Waals surface area contributed by atoms with Crippen molar-refractivity contribution in [1.29, 1.82) is 0 Å². The van der Waals surface area contributed by atoms with Gasteiger partial charge in [0, 0.05) is 13.1 Å². The second kappa shape index (κ2) is 7.63. The summed E-state index contributed by atoms with van der Waals surface area (Å²) in [7, 11) is 3.80.